The third kappa shape index (κ3) is 7.44. The molecule has 0 radical (unpaired) electrons. The summed E-state index contributed by atoms with van der Waals surface area (Å²) in [7, 11) is 1.97. The average molecular weight is 139 g/mol. The molecule has 0 aliphatic rings. The van der Waals surface area contributed by atoms with E-state index in [1.54, 1.807) is 0 Å². The molecule has 0 aromatic rings. The first-order valence-corrected chi connectivity index (χ1v) is 3.88. The summed E-state index contributed by atoms with van der Waals surface area (Å²) in [5.74, 6) is 0. The van der Waals surface area contributed by atoms with Crippen molar-refractivity contribution < 1.29 is 0 Å². The molecule has 0 saturated carbocycles. The van der Waals surface area contributed by atoms with Crippen molar-refractivity contribution in [1.82, 2.24) is 5.32 Å². The number of rotatable bonds is 5. The van der Waals surface area contributed by atoms with Crippen LogP contribution in [-0.2, 0) is 0 Å². The number of hydrogen-bond acceptors (Lipinski definition) is 1. The van der Waals surface area contributed by atoms with Crippen LogP contribution < -0.4 is 5.32 Å². The summed E-state index contributed by atoms with van der Waals surface area (Å²) >= 11 is 0. The third-order valence-corrected chi connectivity index (χ3v) is 1.18. The van der Waals surface area contributed by atoms with Gasteiger partial charge in [-0.1, -0.05) is 31.2 Å². The lowest BCUT2D eigenvalue weighted by atomic mass is 10.3. The van der Waals surface area contributed by atoms with E-state index in [1.807, 2.05) is 7.05 Å². The van der Waals surface area contributed by atoms with Crippen LogP contribution in [0.2, 0.25) is 0 Å². The Balaban J connectivity index is 3.11. The lowest BCUT2D eigenvalue weighted by Gasteiger charge is -1.88. The Kier molecular flexibility index (Phi) is 7.97. The van der Waals surface area contributed by atoms with Gasteiger partial charge in [0.25, 0.3) is 0 Å². The second kappa shape index (κ2) is 8.44. The van der Waals surface area contributed by atoms with Crippen molar-refractivity contribution in [2.24, 2.45) is 0 Å². The van der Waals surface area contributed by atoms with Gasteiger partial charge in [0.1, 0.15) is 0 Å². The first-order chi connectivity index (χ1) is 4.91. The van der Waals surface area contributed by atoms with Crippen LogP contribution in [0.25, 0.3) is 0 Å². The highest BCUT2D eigenvalue weighted by Gasteiger charge is 1.72. The maximum atomic E-state index is 3.08. The van der Waals surface area contributed by atoms with Crippen LogP contribution in [0, 0.1) is 0 Å². The van der Waals surface area contributed by atoms with Crippen LogP contribution in [0.3, 0.4) is 0 Å². The SMILES string of the molecule is CCC=CC=CCCNC. The molecule has 0 bridgehead atoms. The van der Waals surface area contributed by atoms with Crippen LogP contribution in [-0.4, -0.2) is 13.6 Å². The van der Waals surface area contributed by atoms with Crippen molar-refractivity contribution in [1.29, 1.82) is 0 Å². The molecule has 10 heavy (non-hydrogen) atoms. The van der Waals surface area contributed by atoms with E-state index >= 15 is 0 Å². The lowest BCUT2D eigenvalue weighted by Crippen LogP contribution is -2.05. The maximum Gasteiger partial charge on any atom is -0.00172 e. The Bertz CT molecular complexity index is 103. The summed E-state index contributed by atoms with van der Waals surface area (Å²) in [4.78, 5) is 0. The van der Waals surface area contributed by atoms with Crippen molar-refractivity contribution in [2.75, 3.05) is 13.6 Å². The van der Waals surface area contributed by atoms with Crippen LogP contribution in [0.5, 0.6) is 0 Å². The smallest absolute Gasteiger partial charge is 0.00172 e. The van der Waals surface area contributed by atoms with Gasteiger partial charge in [-0.25, -0.2) is 0 Å². The molecule has 0 aromatic heterocycles. The molecule has 0 heterocycles. The van der Waals surface area contributed by atoms with Gasteiger partial charge in [-0.15, -0.1) is 0 Å². The zero-order chi connectivity index (χ0) is 7.66. The predicted molar refractivity (Wildman–Crippen MR) is 47.1 cm³/mol. The zero-order valence-electron chi connectivity index (χ0n) is 6.93. The normalized spacial score (nSPS) is 11.8. The van der Waals surface area contributed by atoms with E-state index < -0.39 is 0 Å². The molecule has 0 saturated heterocycles. The number of hydrogen-bond donors (Lipinski definition) is 1. The highest BCUT2D eigenvalue weighted by Crippen LogP contribution is 1.84. The van der Waals surface area contributed by atoms with Gasteiger partial charge in [0.2, 0.25) is 0 Å². The molecule has 58 valence electrons. The molecule has 0 aliphatic heterocycles. The zero-order valence-corrected chi connectivity index (χ0v) is 6.93. The van der Waals surface area contributed by atoms with Crippen LogP contribution in [0.4, 0.5) is 0 Å². The molecule has 0 fully saturated rings. The van der Waals surface area contributed by atoms with E-state index in [-0.39, 0.29) is 0 Å². The average Bonchev–Trinajstić information content (AvgIpc) is 1.97. The summed E-state index contributed by atoms with van der Waals surface area (Å²) in [5, 5.41) is 3.08. The summed E-state index contributed by atoms with van der Waals surface area (Å²) < 4.78 is 0. The Morgan fingerprint density at radius 3 is 2.50 bits per heavy atom. The molecule has 1 heteroatoms. The molecular formula is C9H17N. The third-order valence-electron chi connectivity index (χ3n) is 1.18. The van der Waals surface area contributed by atoms with Gasteiger partial charge in [-0.3, -0.25) is 0 Å². The Morgan fingerprint density at radius 2 is 1.90 bits per heavy atom. The fourth-order valence-corrected chi connectivity index (χ4v) is 0.617. The van der Waals surface area contributed by atoms with Crippen LogP contribution in [0.1, 0.15) is 19.8 Å². The molecule has 0 unspecified atom stereocenters. The lowest BCUT2D eigenvalue weighted by molar-refractivity contribution is 0.808. The van der Waals surface area contributed by atoms with E-state index in [2.05, 4.69) is 36.5 Å². The topological polar surface area (TPSA) is 12.0 Å². The molecule has 0 rings (SSSR count). The van der Waals surface area contributed by atoms with E-state index in [1.165, 1.54) is 0 Å². The largest absolute Gasteiger partial charge is 0.319 e. The van der Waals surface area contributed by atoms with E-state index in [0.717, 1.165) is 19.4 Å². The Labute approximate surface area is 63.8 Å². The Morgan fingerprint density at radius 1 is 1.20 bits per heavy atom. The summed E-state index contributed by atoms with van der Waals surface area (Å²) in [6.07, 6.45) is 10.7. The summed E-state index contributed by atoms with van der Waals surface area (Å²) in [6.45, 7) is 3.20. The van der Waals surface area contributed by atoms with Gasteiger partial charge in [0.05, 0.1) is 0 Å². The number of allylic oxidation sites excluding steroid dienone is 3. The fourth-order valence-electron chi connectivity index (χ4n) is 0.617. The standard InChI is InChI=1S/C9H17N/c1-3-4-5-6-7-8-9-10-2/h4-7,10H,3,8-9H2,1-2H3. The van der Waals surface area contributed by atoms with Crippen molar-refractivity contribution >= 4 is 0 Å². The number of nitrogens with one attached hydrogen (secondary N) is 1. The van der Waals surface area contributed by atoms with Crippen molar-refractivity contribution in [3.05, 3.63) is 24.3 Å². The minimum absolute atomic E-state index is 1.07. The summed E-state index contributed by atoms with van der Waals surface area (Å²) in [6, 6.07) is 0. The van der Waals surface area contributed by atoms with Gasteiger partial charge in [-0.05, 0) is 26.4 Å². The summed E-state index contributed by atoms with van der Waals surface area (Å²) in [5.41, 5.74) is 0. The van der Waals surface area contributed by atoms with Gasteiger partial charge in [-0.2, -0.15) is 0 Å². The highest BCUT2D eigenvalue weighted by molar-refractivity contribution is 5.01. The molecule has 0 aromatic carbocycles. The molecular weight excluding hydrogens is 122 g/mol. The molecule has 1 N–H and O–H groups in total. The van der Waals surface area contributed by atoms with Crippen molar-refractivity contribution in [2.45, 2.75) is 19.8 Å². The minimum Gasteiger partial charge on any atom is -0.319 e. The first-order valence-electron chi connectivity index (χ1n) is 3.88. The second-order valence-corrected chi connectivity index (χ2v) is 2.16. The van der Waals surface area contributed by atoms with Crippen LogP contribution in [0.15, 0.2) is 24.3 Å². The second-order valence-electron chi connectivity index (χ2n) is 2.16. The maximum absolute atomic E-state index is 3.08. The molecule has 0 amide bonds. The van der Waals surface area contributed by atoms with Crippen LogP contribution >= 0.6 is 0 Å². The minimum atomic E-state index is 1.07. The van der Waals surface area contributed by atoms with Gasteiger partial charge in [0.15, 0.2) is 0 Å². The van der Waals surface area contributed by atoms with E-state index in [0.29, 0.717) is 0 Å². The highest BCUT2D eigenvalue weighted by atomic mass is 14.8. The van der Waals surface area contributed by atoms with Crippen molar-refractivity contribution in [3.63, 3.8) is 0 Å². The molecule has 1 nitrogen and oxygen atoms in total. The van der Waals surface area contributed by atoms with Crippen molar-refractivity contribution in [3.8, 4) is 0 Å². The first kappa shape index (κ1) is 9.44. The quantitative estimate of drug-likeness (QED) is 0.454. The fraction of sp³-hybridized carbons (Fsp3) is 0.556. The van der Waals surface area contributed by atoms with E-state index in [4.69, 9.17) is 0 Å². The van der Waals surface area contributed by atoms with Gasteiger partial charge in [0, 0.05) is 0 Å². The monoisotopic (exact) mass is 139 g/mol. The molecule has 0 aliphatic carbocycles. The molecule has 0 spiro atoms. The Hall–Kier alpha value is -0.560. The van der Waals surface area contributed by atoms with Gasteiger partial charge < -0.3 is 5.32 Å². The molecule has 0 atom stereocenters. The van der Waals surface area contributed by atoms with Gasteiger partial charge >= 0.3 is 0 Å². The van der Waals surface area contributed by atoms with E-state index in [9.17, 15) is 0 Å². The predicted octanol–water partition coefficient (Wildman–Crippen LogP) is 2.12.